The molecule has 1 unspecified atom stereocenters. The third-order valence-electron chi connectivity index (χ3n) is 3.44. The van der Waals surface area contributed by atoms with Gasteiger partial charge in [-0.2, -0.15) is 0 Å². The third-order valence-corrected chi connectivity index (χ3v) is 3.44. The molecule has 116 valence electrons. The van der Waals surface area contributed by atoms with E-state index in [9.17, 15) is 14.7 Å². The number of carbonyl (C=O) groups excluding carboxylic acids is 2. The molecule has 0 bridgehead atoms. The van der Waals surface area contributed by atoms with Gasteiger partial charge < -0.3 is 9.52 Å². The van der Waals surface area contributed by atoms with Gasteiger partial charge in [0.15, 0.2) is 5.78 Å². The summed E-state index contributed by atoms with van der Waals surface area (Å²) in [5, 5.41) is 9.47. The van der Waals surface area contributed by atoms with Crippen molar-refractivity contribution in [1.29, 1.82) is 0 Å². The molecule has 1 aromatic carbocycles. The van der Waals surface area contributed by atoms with E-state index in [-0.39, 0.29) is 29.7 Å². The fraction of sp³-hybridized carbons (Fsp3) is 0.333. The second-order valence-corrected chi connectivity index (χ2v) is 5.81. The van der Waals surface area contributed by atoms with Crippen molar-refractivity contribution in [3.63, 3.8) is 0 Å². The normalized spacial score (nSPS) is 12.3. The number of phenolic OH excluding ortho intramolecular Hbond substituents is 1. The predicted octanol–water partition coefficient (Wildman–Crippen LogP) is 3.96. The first-order valence-electron chi connectivity index (χ1n) is 7.35. The summed E-state index contributed by atoms with van der Waals surface area (Å²) in [6, 6.07) is 9.59. The van der Waals surface area contributed by atoms with Gasteiger partial charge in [-0.3, -0.25) is 9.59 Å². The van der Waals surface area contributed by atoms with Gasteiger partial charge in [0, 0.05) is 18.4 Å². The molecule has 4 nitrogen and oxygen atoms in total. The molecule has 0 spiro atoms. The highest BCUT2D eigenvalue weighted by molar-refractivity contribution is 6.00. The quantitative estimate of drug-likeness (QED) is 0.786. The van der Waals surface area contributed by atoms with E-state index in [0.29, 0.717) is 17.7 Å². The lowest BCUT2D eigenvalue weighted by Crippen LogP contribution is -2.18. The van der Waals surface area contributed by atoms with E-state index in [1.54, 1.807) is 24.3 Å². The molecule has 0 aliphatic carbocycles. The van der Waals surface area contributed by atoms with Crippen LogP contribution in [-0.2, 0) is 4.79 Å². The number of phenols is 1. The first-order chi connectivity index (χ1) is 10.5. The fourth-order valence-electron chi connectivity index (χ4n) is 2.39. The van der Waals surface area contributed by atoms with Crippen LogP contribution >= 0.6 is 0 Å². The Labute approximate surface area is 129 Å². The molecular weight excluding hydrogens is 280 g/mol. The van der Waals surface area contributed by atoms with Crippen molar-refractivity contribution in [2.24, 2.45) is 5.92 Å². The molecule has 0 aliphatic rings. The van der Waals surface area contributed by atoms with E-state index < -0.39 is 5.92 Å². The highest BCUT2D eigenvalue weighted by Crippen LogP contribution is 2.26. The maximum absolute atomic E-state index is 12.4. The van der Waals surface area contributed by atoms with Crippen LogP contribution in [0.3, 0.4) is 0 Å². The van der Waals surface area contributed by atoms with Gasteiger partial charge in [0.25, 0.3) is 0 Å². The second kappa shape index (κ2) is 7.07. The van der Waals surface area contributed by atoms with Gasteiger partial charge in [0.2, 0.25) is 0 Å². The molecule has 0 saturated carbocycles. The average molecular weight is 300 g/mol. The summed E-state index contributed by atoms with van der Waals surface area (Å²) in [7, 11) is 0. The Hall–Kier alpha value is -2.36. The lowest BCUT2D eigenvalue weighted by molar-refractivity contribution is -0.121. The molecule has 1 atom stereocenters. The summed E-state index contributed by atoms with van der Waals surface area (Å²) in [6.45, 7) is 3.93. The number of hydrogen-bond donors (Lipinski definition) is 1. The van der Waals surface area contributed by atoms with Crippen LogP contribution in [-0.4, -0.2) is 16.7 Å². The van der Waals surface area contributed by atoms with Crippen molar-refractivity contribution in [2.45, 2.75) is 32.6 Å². The van der Waals surface area contributed by atoms with Crippen LogP contribution in [0.15, 0.2) is 47.1 Å². The van der Waals surface area contributed by atoms with Crippen LogP contribution in [0.25, 0.3) is 0 Å². The first kappa shape index (κ1) is 16.0. The van der Waals surface area contributed by atoms with E-state index in [2.05, 4.69) is 0 Å². The number of rotatable bonds is 7. The summed E-state index contributed by atoms with van der Waals surface area (Å²) >= 11 is 0. The van der Waals surface area contributed by atoms with Crippen molar-refractivity contribution < 1.29 is 19.1 Å². The molecule has 22 heavy (non-hydrogen) atoms. The van der Waals surface area contributed by atoms with Gasteiger partial charge >= 0.3 is 0 Å². The minimum Gasteiger partial charge on any atom is -0.508 e. The Balaban J connectivity index is 2.19. The zero-order chi connectivity index (χ0) is 16.1. The summed E-state index contributed by atoms with van der Waals surface area (Å²) in [5.74, 6) is 0.00833. The Morgan fingerprint density at radius 2 is 1.91 bits per heavy atom. The third kappa shape index (κ3) is 4.07. The predicted molar refractivity (Wildman–Crippen MR) is 83.0 cm³/mol. The lowest BCUT2D eigenvalue weighted by atomic mass is 9.88. The minimum atomic E-state index is -0.577. The molecule has 2 rings (SSSR count). The van der Waals surface area contributed by atoms with E-state index in [4.69, 9.17) is 4.42 Å². The Bertz CT molecular complexity index is 641. The maximum atomic E-state index is 12.4. The molecule has 4 heteroatoms. The van der Waals surface area contributed by atoms with Gasteiger partial charge in [-0.1, -0.05) is 26.0 Å². The number of furan rings is 1. The smallest absolute Gasteiger partial charge is 0.164 e. The van der Waals surface area contributed by atoms with Crippen molar-refractivity contribution >= 4 is 11.6 Å². The molecule has 0 fully saturated rings. The number of Topliss-reactive ketones (excluding diaryl/α,β-unsaturated/α-hetero) is 2. The number of benzene rings is 1. The minimum absolute atomic E-state index is 0.00143. The van der Waals surface area contributed by atoms with Crippen LogP contribution in [0, 0.1) is 5.92 Å². The average Bonchev–Trinajstić information content (AvgIpc) is 2.97. The zero-order valence-corrected chi connectivity index (χ0v) is 12.8. The molecular formula is C18H20O4. The molecule has 1 aromatic heterocycles. The topological polar surface area (TPSA) is 67.5 Å². The molecule has 0 amide bonds. The molecule has 0 aliphatic heterocycles. The number of carbonyl (C=O) groups is 2. The molecule has 1 N–H and O–H groups in total. The van der Waals surface area contributed by atoms with Crippen molar-refractivity contribution in [1.82, 2.24) is 0 Å². The first-order valence-corrected chi connectivity index (χ1v) is 7.35. The lowest BCUT2D eigenvalue weighted by Gasteiger charge is -2.14. The second-order valence-electron chi connectivity index (χ2n) is 5.81. The van der Waals surface area contributed by atoms with Crippen LogP contribution in [0.4, 0.5) is 0 Å². The SMILES string of the molecule is CC(C)CC(=O)C(CC(=O)c1cccc(O)c1)c1ccco1. The largest absolute Gasteiger partial charge is 0.508 e. The van der Waals surface area contributed by atoms with Gasteiger partial charge in [-0.25, -0.2) is 0 Å². The summed E-state index contributed by atoms with van der Waals surface area (Å²) in [5.41, 5.74) is 0.397. The van der Waals surface area contributed by atoms with Crippen molar-refractivity contribution in [3.05, 3.63) is 54.0 Å². The summed E-state index contributed by atoms with van der Waals surface area (Å²) < 4.78 is 5.34. The molecule has 2 aromatic rings. The highest BCUT2D eigenvalue weighted by Gasteiger charge is 2.27. The van der Waals surface area contributed by atoms with E-state index in [1.165, 1.54) is 18.4 Å². The van der Waals surface area contributed by atoms with E-state index in [1.807, 2.05) is 13.8 Å². The van der Waals surface area contributed by atoms with Gasteiger partial charge in [-0.15, -0.1) is 0 Å². The van der Waals surface area contributed by atoms with Crippen LogP contribution in [0.1, 0.15) is 48.7 Å². The summed E-state index contributed by atoms with van der Waals surface area (Å²) in [4.78, 5) is 24.8. The number of hydrogen-bond acceptors (Lipinski definition) is 4. The standard InChI is InChI=1S/C18H20O4/c1-12(2)9-17(21)15(18-7-4-8-22-18)11-16(20)13-5-3-6-14(19)10-13/h3-8,10,12,15,19H,9,11H2,1-2H3. The van der Waals surface area contributed by atoms with Crippen molar-refractivity contribution in [2.75, 3.05) is 0 Å². The molecule has 1 heterocycles. The number of ketones is 2. The Morgan fingerprint density at radius 3 is 2.50 bits per heavy atom. The Morgan fingerprint density at radius 1 is 1.14 bits per heavy atom. The fourth-order valence-corrected chi connectivity index (χ4v) is 2.39. The van der Waals surface area contributed by atoms with Crippen LogP contribution < -0.4 is 0 Å². The maximum Gasteiger partial charge on any atom is 0.164 e. The summed E-state index contributed by atoms with van der Waals surface area (Å²) in [6.07, 6.45) is 1.95. The van der Waals surface area contributed by atoms with E-state index in [0.717, 1.165) is 0 Å². The molecule has 0 saturated heterocycles. The van der Waals surface area contributed by atoms with Gasteiger partial charge in [-0.05, 0) is 30.2 Å². The monoisotopic (exact) mass is 300 g/mol. The Kier molecular flexibility index (Phi) is 5.15. The van der Waals surface area contributed by atoms with Crippen molar-refractivity contribution in [3.8, 4) is 5.75 Å². The van der Waals surface area contributed by atoms with E-state index >= 15 is 0 Å². The number of aromatic hydroxyl groups is 1. The highest BCUT2D eigenvalue weighted by atomic mass is 16.3. The van der Waals surface area contributed by atoms with Gasteiger partial charge in [0.05, 0.1) is 12.2 Å². The van der Waals surface area contributed by atoms with Crippen LogP contribution in [0.2, 0.25) is 0 Å². The molecule has 0 radical (unpaired) electrons. The zero-order valence-electron chi connectivity index (χ0n) is 12.8. The van der Waals surface area contributed by atoms with Gasteiger partial charge in [0.1, 0.15) is 17.3 Å². The van der Waals surface area contributed by atoms with Crippen LogP contribution in [0.5, 0.6) is 5.75 Å².